The summed E-state index contributed by atoms with van der Waals surface area (Å²) < 4.78 is 18.8. The van der Waals surface area contributed by atoms with Gasteiger partial charge in [-0.3, -0.25) is 4.79 Å². The van der Waals surface area contributed by atoms with E-state index in [0.29, 0.717) is 29.9 Å². The maximum atomic E-state index is 13.6. The predicted molar refractivity (Wildman–Crippen MR) is 96.2 cm³/mol. The molecule has 0 saturated heterocycles. The number of urea groups is 1. The first-order valence-corrected chi connectivity index (χ1v) is 8.53. The Morgan fingerprint density at radius 2 is 1.96 bits per heavy atom. The second-order valence-electron chi connectivity index (χ2n) is 6.49. The molecule has 0 saturated carbocycles. The minimum Gasteiger partial charge on any atom is -0.497 e. The van der Waals surface area contributed by atoms with E-state index >= 15 is 0 Å². The highest BCUT2D eigenvalue weighted by atomic mass is 19.1. The van der Waals surface area contributed by atoms with Crippen LogP contribution >= 0.6 is 0 Å². The summed E-state index contributed by atoms with van der Waals surface area (Å²) in [5.74, 6) is 0.150. The van der Waals surface area contributed by atoms with Crippen molar-refractivity contribution in [3.63, 3.8) is 0 Å². The van der Waals surface area contributed by atoms with Gasteiger partial charge < -0.3 is 20.3 Å². The lowest BCUT2D eigenvalue weighted by atomic mass is 9.96. The van der Waals surface area contributed by atoms with Crippen LogP contribution in [0.3, 0.4) is 0 Å². The summed E-state index contributed by atoms with van der Waals surface area (Å²) in [7, 11) is 1.60. The highest BCUT2D eigenvalue weighted by Gasteiger charge is 2.40. The Morgan fingerprint density at radius 3 is 2.67 bits per heavy atom. The zero-order chi connectivity index (χ0) is 19.0. The molecule has 0 unspecified atom stereocenters. The van der Waals surface area contributed by atoms with Gasteiger partial charge in [0.25, 0.3) is 5.91 Å². The summed E-state index contributed by atoms with van der Waals surface area (Å²) in [6.07, 6.45) is 0. The van der Waals surface area contributed by atoms with Crippen LogP contribution in [0.15, 0.2) is 59.8 Å². The number of hydrogen-bond acceptors (Lipinski definition) is 3. The van der Waals surface area contributed by atoms with E-state index in [-0.39, 0.29) is 5.91 Å². The molecule has 2 aromatic rings. The van der Waals surface area contributed by atoms with Gasteiger partial charge in [0.05, 0.1) is 31.0 Å². The molecule has 0 bridgehead atoms. The van der Waals surface area contributed by atoms with Crippen molar-refractivity contribution in [3.05, 3.63) is 76.7 Å². The van der Waals surface area contributed by atoms with Gasteiger partial charge in [0.1, 0.15) is 11.6 Å². The lowest BCUT2D eigenvalue weighted by Gasteiger charge is -2.25. The summed E-state index contributed by atoms with van der Waals surface area (Å²) in [5, 5.41) is 5.43. The molecular weight excluding hydrogens is 349 g/mol. The molecule has 0 spiro atoms. The van der Waals surface area contributed by atoms with Crippen molar-refractivity contribution >= 4 is 11.9 Å². The highest BCUT2D eigenvalue weighted by molar-refractivity contribution is 6.01. The summed E-state index contributed by atoms with van der Waals surface area (Å²) in [4.78, 5) is 26.7. The summed E-state index contributed by atoms with van der Waals surface area (Å²) in [6, 6.07) is 12.3. The molecule has 6 nitrogen and oxygen atoms in total. The van der Waals surface area contributed by atoms with Crippen molar-refractivity contribution in [2.75, 3.05) is 13.7 Å². The molecule has 2 aliphatic rings. The topological polar surface area (TPSA) is 70.7 Å². The quantitative estimate of drug-likeness (QED) is 0.872. The number of carbonyl (C=O) groups is 2. The maximum Gasteiger partial charge on any atom is 0.319 e. The van der Waals surface area contributed by atoms with Gasteiger partial charge in [0, 0.05) is 6.54 Å². The fraction of sp³-hybridized carbons (Fsp3) is 0.200. The van der Waals surface area contributed by atoms with E-state index in [1.54, 1.807) is 24.1 Å². The van der Waals surface area contributed by atoms with E-state index in [0.717, 1.165) is 11.3 Å². The largest absolute Gasteiger partial charge is 0.497 e. The van der Waals surface area contributed by atoms with Gasteiger partial charge in [-0.1, -0.05) is 24.3 Å². The van der Waals surface area contributed by atoms with E-state index in [4.69, 9.17) is 4.74 Å². The van der Waals surface area contributed by atoms with Crippen LogP contribution in [0.25, 0.3) is 0 Å². The van der Waals surface area contributed by atoms with Crippen LogP contribution in [0.1, 0.15) is 17.2 Å². The van der Waals surface area contributed by atoms with Crippen molar-refractivity contribution in [1.29, 1.82) is 0 Å². The third kappa shape index (κ3) is 3.23. The Bertz CT molecular complexity index is 940. The first-order chi connectivity index (χ1) is 13.0. The summed E-state index contributed by atoms with van der Waals surface area (Å²) >= 11 is 0. The van der Waals surface area contributed by atoms with E-state index in [1.165, 1.54) is 12.1 Å². The SMILES string of the molecule is COc1ccc(CN2CC3=C(C2=O)[C@H](c2cccc(F)c2)NC(=O)N3)cc1. The molecule has 0 aromatic heterocycles. The Kier molecular flexibility index (Phi) is 4.27. The van der Waals surface area contributed by atoms with Crippen molar-refractivity contribution < 1.29 is 18.7 Å². The van der Waals surface area contributed by atoms with Gasteiger partial charge in [-0.15, -0.1) is 0 Å². The molecule has 3 amide bonds. The predicted octanol–water partition coefficient (Wildman–Crippen LogP) is 2.48. The van der Waals surface area contributed by atoms with Gasteiger partial charge in [0.15, 0.2) is 0 Å². The molecule has 1 atom stereocenters. The standard InChI is InChI=1S/C20H18FN3O3/c1-27-15-7-5-12(6-8-15)10-24-11-16-17(19(24)25)18(23-20(26)22-16)13-3-2-4-14(21)9-13/h2-9,18H,10-11H2,1H3,(H2,22,23,26)/t18-/m0/s1. The molecule has 2 N–H and O–H groups in total. The van der Waals surface area contributed by atoms with Gasteiger partial charge in [-0.05, 0) is 35.4 Å². The minimum absolute atomic E-state index is 0.178. The van der Waals surface area contributed by atoms with Crippen LogP contribution in [0.4, 0.5) is 9.18 Å². The third-order valence-corrected chi connectivity index (χ3v) is 4.73. The van der Waals surface area contributed by atoms with Crippen LogP contribution in [-0.2, 0) is 11.3 Å². The summed E-state index contributed by atoms with van der Waals surface area (Å²) in [6.45, 7) is 0.709. The third-order valence-electron chi connectivity index (χ3n) is 4.73. The smallest absolute Gasteiger partial charge is 0.319 e. The molecule has 7 heteroatoms. The molecule has 138 valence electrons. The van der Waals surface area contributed by atoms with Gasteiger partial charge >= 0.3 is 6.03 Å². The minimum atomic E-state index is -0.669. The molecule has 0 fully saturated rings. The number of amides is 3. The second kappa shape index (κ2) is 6.75. The molecule has 2 aromatic carbocycles. The van der Waals surface area contributed by atoms with Crippen LogP contribution in [0.2, 0.25) is 0 Å². The van der Waals surface area contributed by atoms with Crippen LogP contribution in [0.5, 0.6) is 5.75 Å². The molecule has 2 aliphatic heterocycles. The monoisotopic (exact) mass is 367 g/mol. The first kappa shape index (κ1) is 17.1. The van der Waals surface area contributed by atoms with E-state index in [1.807, 2.05) is 24.3 Å². The number of rotatable bonds is 4. The number of nitrogens with one attached hydrogen (secondary N) is 2. The Morgan fingerprint density at radius 1 is 1.19 bits per heavy atom. The van der Waals surface area contributed by atoms with Crippen molar-refractivity contribution in [2.45, 2.75) is 12.6 Å². The Balaban J connectivity index is 1.59. The number of ether oxygens (including phenoxy) is 1. The number of nitrogens with zero attached hydrogens (tertiary/aromatic N) is 1. The Labute approximate surface area is 155 Å². The lowest BCUT2D eigenvalue weighted by molar-refractivity contribution is -0.126. The average Bonchev–Trinajstić information content (AvgIpc) is 2.97. The number of methoxy groups -OCH3 is 1. The Hall–Kier alpha value is -3.35. The fourth-order valence-electron chi connectivity index (χ4n) is 3.44. The van der Waals surface area contributed by atoms with E-state index in [2.05, 4.69) is 10.6 Å². The molecule has 0 aliphatic carbocycles. The fourth-order valence-corrected chi connectivity index (χ4v) is 3.44. The molecule has 4 rings (SSSR count). The van der Waals surface area contributed by atoms with Crippen molar-refractivity contribution in [1.82, 2.24) is 15.5 Å². The van der Waals surface area contributed by atoms with Crippen LogP contribution in [0, 0.1) is 5.82 Å². The molecule has 0 radical (unpaired) electrons. The maximum absolute atomic E-state index is 13.6. The molecular formula is C20H18FN3O3. The number of benzene rings is 2. The van der Waals surface area contributed by atoms with E-state index in [9.17, 15) is 14.0 Å². The van der Waals surface area contributed by atoms with Crippen LogP contribution in [-0.4, -0.2) is 30.5 Å². The van der Waals surface area contributed by atoms with Crippen molar-refractivity contribution in [2.24, 2.45) is 0 Å². The highest BCUT2D eigenvalue weighted by Crippen LogP contribution is 2.33. The van der Waals surface area contributed by atoms with Crippen molar-refractivity contribution in [3.8, 4) is 5.75 Å². The zero-order valence-corrected chi connectivity index (χ0v) is 14.7. The van der Waals surface area contributed by atoms with Gasteiger partial charge in [-0.2, -0.15) is 0 Å². The van der Waals surface area contributed by atoms with Gasteiger partial charge in [0.2, 0.25) is 0 Å². The van der Waals surface area contributed by atoms with Gasteiger partial charge in [-0.25, -0.2) is 9.18 Å². The normalized spacial score (nSPS) is 18.9. The average molecular weight is 367 g/mol. The molecule has 2 heterocycles. The number of carbonyl (C=O) groups excluding carboxylic acids is 2. The van der Waals surface area contributed by atoms with E-state index < -0.39 is 17.9 Å². The van der Waals surface area contributed by atoms with Crippen LogP contribution < -0.4 is 15.4 Å². The number of hydrogen-bond donors (Lipinski definition) is 2. The molecule has 27 heavy (non-hydrogen) atoms. The first-order valence-electron chi connectivity index (χ1n) is 8.53. The number of halogens is 1. The second-order valence-corrected chi connectivity index (χ2v) is 6.49. The summed E-state index contributed by atoms with van der Waals surface area (Å²) in [5.41, 5.74) is 2.50. The zero-order valence-electron chi connectivity index (χ0n) is 14.7. The lowest BCUT2D eigenvalue weighted by Crippen LogP contribution is -2.44.